The molecule has 0 amide bonds. The van der Waals surface area contributed by atoms with Crippen LogP contribution in [-0.4, -0.2) is 14.4 Å². The molecule has 1 nitrogen and oxygen atoms in total. The van der Waals surface area contributed by atoms with E-state index >= 15 is 0 Å². The first-order valence-electron chi connectivity index (χ1n) is 3.99. The van der Waals surface area contributed by atoms with Crippen molar-refractivity contribution < 1.29 is 4.74 Å². The molecule has 0 aromatic heterocycles. The van der Waals surface area contributed by atoms with Crippen LogP contribution in [0.4, 0.5) is 0 Å². The summed E-state index contributed by atoms with van der Waals surface area (Å²) in [6.07, 6.45) is 1.14. The van der Waals surface area contributed by atoms with Crippen LogP contribution in [0.1, 0.15) is 5.56 Å². The molecule has 0 unspecified atom stereocenters. The van der Waals surface area contributed by atoms with Gasteiger partial charge >= 0.3 is 0 Å². The normalized spacial score (nSPS) is 9.27. The van der Waals surface area contributed by atoms with Crippen LogP contribution in [0.5, 0.6) is 5.75 Å². The Morgan fingerprint density at radius 1 is 1.45 bits per heavy atom. The third-order valence-electron chi connectivity index (χ3n) is 1.67. The van der Waals surface area contributed by atoms with E-state index in [0.29, 0.717) is 0 Å². The van der Waals surface area contributed by atoms with Crippen LogP contribution >= 0.6 is 0 Å². The molecule has 0 spiro atoms. The highest BCUT2D eigenvalue weighted by atomic mass is 16.5. The van der Waals surface area contributed by atoms with Gasteiger partial charge in [0.05, 0.1) is 7.11 Å². The predicted molar refractivity (Wildman–Crippen MR) is 49.7 cm³/mol. The first-order valence-corrected chi connectivity index (χ1v) is 3.99. The van der Waals surface area contributed by atoms with Crippen molar-refractivity contribution in [2.45, 2.75) is 13.1 Å². The Hall–Kier alpha value is -0.915. The van der Waals surface area contributed by atoms with Crippen molar-refractivity contribution in [2.24, 2.45) is 0 Å². The van der Waals surface area contributed by atoms with Gasteiger partial charge in [-0.1, -0.05) is 30.8 Å². The molecule has 0 aliphatic carbocycles. The van der Waals surface area contributed by atoms with E-state index in [-0.39, 0.29) is 0 Å². The number of hydrogen-bond donors (Lipinski definition) is 0. The largest absolute Gasteiger partial charge is 0.497 e. The van der Waals surface area contributed by atoms with Crippen LogP contribution in [-0.2, 0) is 6.32 Å². The van der Waals surface area contributed by atoms with Gasteiger partial charge in [0.25, 0.3) is 0 Å². The Kier molecular flexibility index (Phi) is 3.03. The zero-order valence-corrected chi connectivity index (χ0v) is 7.13. The van der Waals surface area contributed by atoms with E-state index in [9.17, 15) is 0 Å². The molecule has 11 heavy (non-hydrogen) atoms. The number of ether oxygens (including phenoxy) is 1. The molecule has 0 heterocycles. The molecule has 0 fully saturated rings. The summed E-state index contributed by atoms with van der Waals surface area (Å²) in [4.78, 5) is 0. The van der Waals surface area contributed by atoms with Crippen molar-refractivity contribution in [2.75, 3.05) is 7.11 Å². The van der Waals surface area contributed by atoms with Gasteiger partial charge in [-0.15, -0.1) is 0 Å². The Bertz CT molecular complexity index is 223. The number of benzene rings is 1. The van der Waals surface area contributed by atoms with Gasteiger partial charge in [-0.25, -0.2) is 0 Å². The van der Waals surface area contributed by atoms with Gasteiger partial charge in [0.1, 0.15) is 13.0 Å². The SMILES string of the molecule is CBCc1cccc(OC)c1. The van der Waals surface area contributed by atoms with Crippen molar-refractivity contribution in [3.05, 3.63) is 29.8 Å². The lowest BCUT2D eigenvalue weighted by molar-refractivity contribution is 0.414. The second-order valence-electron chi connectivity index (χ2n) is 2.60. The topological polar surface area (TPSA) is 9.23 Å². The monoisotopic (exact) mass is 148 g/mol. The Morgan fingerprint density at radius 3 is 2.91 bits per heavy atom. The molecule has 0 aliphatic heterocycles. The summed E-state index contributed by atoms with van der Waals surface area (Å²) in [6.45, 7) is 2.18. The number of methoxy groups -OCH3 is 1. The maximum absolute atomic E-state index is 5.10. The number of rotatable bonds is 3. The minimum absolute atomic E-state index is 0.955. The van der Waals surface area contributed by atoms with Crippen LogP contribution in [0.25, 0.3) is 0 Å². The first kappa shape index (κ1) is 8.18. The third kappa shape index (κ3) is 2.30. The molecule has 0 bridgehead atoms. The van der Waals surface area contributed by atoms with Gasteiger partial charge < -0.3 is 4.74 Å². The van der Waals surface area contributed by atoms with Crippen LogP contribution < -0.4 is 4.74 Å². The second-order valence-corrected chi connectivity index (χ2v) is 2.60. The molecule has 0 atom stereocenters. The maximum atomic E-state index is 5.10. The lowest BCUT2D eigenvalue weighted by atomic mass is 9.75. The van der Waals surface area contributed by atoms with E-state index in [2.05, 4.69) is 19.0 Å². The standard InChI is InChI=1S/C9H13BO/c1-10-7-8-4-3-5-9(6-8)11-2/h3-6,10H,7H2,1-2H3. The molecule has 1 rings (SSSR count). The Balaban J connectivity index is 2.74. The van der Waals surface area contributed by atoms with Gasteiger partial charge in [-0.05, 0) is 12.1 Å². The molecular formula is C9H13BO. The fraction of sp³-hybridized carbons (Fsp3) is 0.333. The van der Waals surface area contributed by atoms with Crippen molar-refractivity contribution in [1.82, 2.24) is 0 Å². The third-order valence-corrected chi connectivity index (χ3v) is 1.67. The molecule has 58 valence electrons. The Labute approximate surface area is 68.6 Å². The summed E-state index contributed by atoms with van der Waals surface area (Å²) in [7, 11) is 2.89. The lowest BCUT2D eigenvalue weighted by Crippen LogP contribution is -1.91. The predicted octanol–water partition coefficient (Wildman–Crippen LogP) is 1.68. The summed E-state index contributed by atoms with van der Waals surface area (Å²) in [6, 6.07) is 8.22. The molecular weight excluding hydrogens is 135 g/mol. The minimum atomic E-state index is 0.955. The van der Waals surface area contributed by atoms with Crippen LogP contribution in [0.2, 0.25) is 6.82 Å². The van der Waals surface area contributed by atoms with E-state index in [1.807, 2.05) is 12.1 Å². The van der Waals surface area contributed by atoms with E-state index < -0.39 is 0 Å². The summed E-state index contributed by atoms with van der Waals surface area (Å²) >= 11 is 0. The van der Waals surface area contributed by atoms with Crippen LogP contribution in [0.3, 0.4) is 0 Å². The smallest absolute Gasteiger partial charge is 0.122 e. The van der Waals surface area contributed by atoms with Gasteiger partial charge in [-0.3, -0.25) is 0 Å². The Morgan fingerprint density at radius 2 is 2.27 bits per heavy atom. The van der Waals surface area contributed by atoms with Crippen LogP contribution in [0, 0.1) is 0 Å². The van der Waals surface area contributed by atoms with Crippen molar-refractivity contribution in [3.8, 4) is 5.75 Å². The fourth-order valence-corrected chi connectivity index (χ4v) is 1.12. The summed E-state index contributed by atoms with van der Waals surface area (Å²) in [5, 5.41) is 0. The van der Waals surface area contributed by atoms with Gasteiger partial charge in [0.2, 0.25) is 0 Å². The highest BCUT2D eigenvalue weighted by Gasteiger charge is 1.93. The maximum Gasteiger partial charge on any atom is 0.122 e. The average Bonchev–Trinajstić information content (AvgIpc) is 2.06. The molecule has 2 heteroatoms. The van der Waals surface area contributed by atoms with Gasteiger partial charge in [-0.2, -0.15) is 0 Å². The first-order chi connectivity index (χ1) is 5.36. The molecule has 0 saturated heterocycles. The molecule has 0 radical (unpaired) electrons. The molecule has 0 saturated carbocycles. The summed E-state index contributed by atoms with van der Waals surface area (Å²) in [5.74, 6) is 0.955. The van der Waals surface area contributed by atoms with Gasteiger partial charge in [0, 0.05) is 0 Å². The van der Waals surface area contributed by atoms with E-state index in [0.717, 1.165) is 12.1 Å². The van der Waals surface area contributed by atoms with Crippen molar-refractivity contribution >= 4 is 7.28 Å². The quantitative estimate of drug-likeness (QED) is 0.592. The van der Waals surface area contributed by atoms with Gasteiger partial charge in [0.15, 0.2) is 0 Å². The minimum Gasteiger partial charge on any atom is -0.497 e. The van der Waals surface area contributed by atoms with Crippen molar-refractivity contribution in [3.63, 3.8) is 0 Å². The highest BCUT2D eigenvalue weighted by Crippen LogP contribution is 2.12. The van der Waals surface area contributed by atoms with Crippen molar-refractivity contribution in [1.29, 1.82) is 0 Å². The molecule has 0 N–H and O–H groups in total. The second kappa shape index (κ2) is 4.07. The zero-order valence-electron chi connectivity index (χ0n) is 7.13. The summed E-state index contributed by atoms with van der Waals surface area (Å²) in [5.41, 5.74) is 1.35. The number of hydrogen-bond acceptors (Lipinski definition) is 1. The van der Waals surface area contributed by atoms with E-state index in [1.54, 1.807) is 7.11 Å². The van der Waals surface area contributed by atoms with E-state index in [4.69, 9.17) is 4.74 Å². The highest BCUT2D eigenvalue weighted by molar-refractivity contribution is 6.32. The lowest BCUT2D eigenvalue weighted by Gasteiger charge is -2.01. The molecule has 0 aliphatic rings. The molecule has 1 aromatic carbocycles. The summed E-state index contributed by atoms with van der Waals surface area (Å²) < 4.78 is 5.10. The van der Waals surface area contributed by atoms with E-state index in [1.165, 1.54) is 12.8 Å². The fourth-order valence-electron chi connectivity index (χ4n) is 1.12. The van der Waals surface area contributed by atoms with Crippen LogP contribution in [0.15, 0.2) is 24.3 Å². The zero-order chi connectivity index (χ0) is 8.10. The molecule has 1 aromatic rings. The average molecular weight is 148 g/mol.